The van der Waals surface area contributed by atoms with Crippen LogP contribution in [0.5, 0.6) is 0 Å². The van der Waals surface area contributed by atoms with Crippen molar-refractivity contribution >= 4 is 10.0 Å². The van der Waals surface area contributed by atoms with Crippen LogP contribution in [0.4, 0.5) is 0 Å². The summed E-state index contributed by atoms with van der Waals surface area (Å²) in [7, 11) is -1.87. The SMILES string of the molecule is COCc1cccc(S(=O)(=O)N2CCCCC2CN)c1. The molecule has 5 nitrogen and oxygen atoms in total. The number of benzene rings is 1. The second kappa shape index (κ2) is 6.67. The van der Waals surface area contributed by atoms with Crippen molar-refractivity contribution in [2.75, 3.05) is 20.2 Å². The Kier molecular flexibility index (Phi) is 5.15. The maximum atomic E-state index is 12.7. The molecule has 0 aliphatic carbocycles. The van der Waals surface area contributed by atoms with E-state index in [0.717, 1.165) is 24.8 Å². The lowest BCUT2D eigenvalue weighted by Crippen LogP contribution is -2.47. The van der Waals surface area contributed by atoms with Crippen LogP contribution in [0.3, 0.4) is 0 Å². The molecule has 1 fully saturated rings. The lowest BCUT2D eigenvalue weighted by Gasteiger charge is -2.33. The first-order chi connectivity index (χ1) is 9.59. The second-order valence-electron chi connectivity index (χ2n) is 5.08. The van der Waals surface area contributed by atoms with Gasteiger partial charge in [0.05, 0.1) is 11.5 Å². The third kappa shape index (κ3) is 3.20. The Labute approximate surface area is 120 Å². The van der Waals surface area contributed by atoms with Crippen LogP contribution >= 0.6 is 0 Å². The highest BCUT2D eigenvalue weighted by Gasteiger charge is 2.32. The number of nitrogens with zero attached hydrogens (tertiary/aromatic N) is 1. The average molecular weight is 298 g/mol. The summed E-state index contributed by atoms with van der Waals surface area (Å²) in [6.45, 7) is 1.33. The summed E-state index contributed by atoms with van der Waals surface area (Å²) < 4.78 is 32.1. The van der Waals surface area contributed by atoms with E-state index >= 15 is 0 Å². The molecule has 1 aromatic rings. The standard InChI is InChI=1S/C14H22N2O3S/c1-19-11-12-5-4-7-14(9-12)20(17,18)16-8-3-2-6-13(16)10-15/h4-5,7,9,13H,2-3,6,8,10-11,15H2,1H3. The largest absolute Gasteiger partial charge is 0.380 e. The van der Waals surface area contributed by atoms with Crippen LogP contribution in [-0.4, -0.2) is 39.0 Å². The van der Waals surface area contributed by atoms with E-state index in [9.17, 15) is 8.42 Å². The monoisotopic (exact) mass is 298 g/mol. The summed E-state index contributed by atoms with van der Waals surface area (Å²) >= 11 is 0. The van der Waals surface area contributed by atoms with Crippen molar-refractivity contribution in [2.24, 2.45) is 5.73 Å². The minimum Gasteiger partial charge on any atom is -0.380 e. The molecule has 1 unspecified atom stereocenters. The molecular weight excluding hydrogens is 276 g/mol. The minimum atomic E-state index is -3.47. The van der Waals surface area contributed by atoms with Crippen LogP contribution in [-0.2, 0) is 21.4 Å². The van der Waals surface area contributed by atoms with Gasteiger partial charge in [-0.1, -0.05) is 18.6 Å². The molecule has 6 heteroatoms. The maximum absolute atomic E-state index is 12.7. The van der Waals surface area contributed by atoms with Gasteiger partial charge in [-0.25, -0.2) is 8.42 Å². The molecule has 1 aliphatic rings. The fourth-order valence-electron chi connectivity index (χ4n) is 2.62. The van der Waals surface area contributed by atoms with Gasteiger partial charge in [-0.3, -0.25) is 0 Å². The molecule has 0 spiro atoms. The van der Waals surface area contributed by atoms with Gasteiger partial charge in [0, 0.05) is 26.2 Å². The fourth-order valence-corrected chi connectivity index (χ4v) is 4.40. The fraction of sp³-hybridized carbons (Fsp3) is 0.571. The summed E-state index contributed by atoms with van der Waals surface area (Å²) in [6, 6.07) is 6.85. The Morgan fingerprint density at radius 2 is 2.20 bits per heavy atom. The zero-order valence-electron chi connectivity index (χ0n) is 11.8. The molecule has 1 aliphatic heterocycles. The Balaban J connectivity index is 2.31. The van der Waals surface area contributed by atoms with E-state index in [-0.39, 0.29) is 6.04 Å². The molecule has 1 saturated heterocycles. The molecule has 1 heterocycles. The number of ether oxygens (including phenoxy) is 1. The van der Waals surface area contributed by atoms with Gasteiger partial charge in [-0.15, -0.1) is 0 Å². The molecular formula is C14H22N2O3S. The first-order valence-electron chi connectivity index (χ1n) is 6.89. The van der Waals surface area contributed by atoms with Gasteiger partial charge in [0.2, 0.25) is 10.0 Å². The van der Waals surface area contributed by atoms with E-state index in [1.54, 1.807) is 29.6 Å². The molecule has 20 heavy (non-hydrogen) atoms. The van der Waals surface area contributed by atoms with Gasteiger partial charge in [0.1, 0.15) is 0 Å². The van der Waals surface area contributed by atoms with Crippen molar-refractivity contribution in [1.29, 1.82) is 0 Å². The topological polar surface area (TPSA) is 72.6 Å². The second-order valence-corrected chi connectivity index (χ2v) is 6.97. The number of hydrogen-bond acceptors (Lipinski definition) is 4. The van der Waals surface area contributed by atoms with Crippen molar-refractivity contribution in [1.82, 2.24) is 4.31 Å². The first kappa shape index (κ1) is 15.4. The van der Waals surface area contributed by atoms with Crippen molar-refractivity contribution in [3.8, 4) is 0 Å². The molecule has 1 atom stereocenters. The summed E-state index contributed by atoms with van der Waals surface area (Å²) in [4.78, 5) is 0.326. The van der Waals surface area contributed by atoms with Crippen molar-refractivity contribution in [3.05, 3.63) is 29.8 Å². The van der Waals surface area contributed by atoms with Crippen LogP contribution in [0.1, 0.15) is 24.8 Å². The molecule has 1 aromatic carbocycles. The molecule has 2 rings (SSSR count). The molecule has 0 bridgehead atoms. The van der Waals surface area contributed by atoms with Gasteiger partial charge >= 0.3 is 0 Å². The highest BCUT2D eigenvalue weighted by Crippen LogP contribution is 2.25. The number of methoxy groups -OCH3 is 1. The Hall–Kier alpha value is -0.950. The number of nitrogens with two attached hydrogens (primary N) is 1. The number of hydrogen-bond donors (Lipinski definition) is 1. The summed E-state index contributed by atoms with van der Waals surface area (Å²) in [5, 5.41) is 0. The third-order valence-electron chi connectivity index (χ3n) is 3.66. The number of piperidine rings is 1. The van der Waals surface area contributed by atoms with Crippen LogP contribution in [0, 0.1) is 0 Å². The third-order valence-corrected chi connectivity index (χ3v) is 5.61. The van der Waals surface area contributed by atoms with E-state index in [0.29, 0.717) is 24.6 Å². The number of rotatable bonds is 5. The maximum Gasteiger partial charge on any atom is 0.243 e. The Bertz CT molecular complexity index is 545. The first-order valence-corrected chi connectivity index (χ1v) is 8.33. The predicted octanol–water partition coefficient (Wildman–Crippen LogP) is 1.33. The Morgan fingerprint density at radius 1 is 1.40 bits per heavy atom. The summed E-state index contributed by atoms with van der Waals surface area (Å²) in [6.07, 6.45) is 2.78. The zero-order chi connectivity index (χ0) is 14.6. The average Bonchev–Trinajstić information content (AvgIpc) is 2.48. The highest BCUT2D eigenvalue weighted by molar-refractivity contribution is 7.89. The normalized spacial score (nSPS) is 21.0. The van der Waals surface area contributed by atoms with Gasteiger partial charge in [0.15, 0.2) is 0 Å². The molecule has 0 amide bonds. The van der Waals surface area contributed by atoms with Crippen molar-refractivity contribution < 1.29 is 13.2 Å². The van der Waals surface area contributed by atoms with E-state index in [1.165, 1.54) is 0 Å². The quantitative estimate of drug-likeness (QED) is 0.890. The smallest absolute Gasteiger partial charge is 0.243 e. The summed E-state index contributed by atoms with van der Waals surface area (Å²) in [5.74, 6) is 0. The summed E-state index contributed by atoms with van der Waals surface area (Å²) in [5.41, 5.74) is 6.58. The lowest BCUT2D eigenvalue weighted by molar-refractivity contribution is 0.184. The number of sulfonamides is 1. The van der Waals surface area contributed by atoms with Crippen LogP contribution in [0.25, 0.3) is 0 Å². The van der Waals surface area contributed by atoms with E-state index in [2.05, 4.69) is 0 Å². The van der Waals surface area contributed by atoms with E-state index in [4.69, 9.17) is 10.5 Å². The Morgan fingerprint density at radius 3 is 2.90 bits per heavy atom. The highest BCUT2D eigenvalue weighted by atomic mass is 32.2. The van der Waals surface area contributed by atoms with Crippen molar-refractivity contribution in [3.63, 3.8) is 0 Å². The van der Waals surface area contributed by atoms with Crippen molar-refractivity contribution in [2.45, 2.75) is 36.8 Å². The zero-order valence-corrected chi connectivity index (χ0v) is 12.6. The predicted molar refractivity (Wildman–Crippen MR) is 77.7 cm³/mol. The molecule has 0 aromatic heterocycles. The molecule has 112 valence electrons. The van der Waals surface area contributed by atoms with Gasteiger partial charge in [-0.2, -0.15) is 4.31 Å². The van der Waals surface area contributed by atoms with E-state index in [1.807, 2.05) is 6.07 Å². The van der Waals surface area contributed by atoms with Gasteiger partial charge < -0.3 is 10.5 Å². The minimum absolute atomic E-state index is 0.0835. The van der Waals surface area contributed by atoms with Crippen LogP contribution in [0.2, 0.25) is 0 Å². The molecule has 2 N–H and O–H groups in total. The van der Waals surface area contributed by atoms with Crippen LogP contribution in [0.15, 0.2) is 29.2 Å². The van der Waals surface area contributed by atoms with Gasteiger partial charge in [-0.05, 0) is 30.5 Å². The lowest BCUT2D eigenvalue weighted by atomic mass is 10.1. The van der Waals surface area contributed by atoms with Crippen LogP contribution < -0.4 is 5.73 Å². The van der Waals surface area contributed by atoms with E-state index < -0.39 is 10.0 Å². The molecule has 0 saturated carbocycles. The van der Waals surface area contributed by atoms with Gasteiger partial charge in [0.25, 0.3) is 0 Å². The molecule has 0 radical (unpaired) electrons.